The number of rotatable bonds is 8. The highest BCUT2D eigenvalue weighted by Gasteiger charge is 2.13. The predicted molar refractivity (Wildman–Crippen MR) is 107 cm³/mol. The summed E-state index contributed by atoms with van der Waals surface area (Å²) in [5.41, 5.74) is 5.81. The first-order chi connectivity index (χ1) is 13.5. The second-order valence-electron chi connectivity index (χ2n) is 5.94. The smallest absolute Gasteiger partial charge is 0.306 e. The lowest BCUT2D eigenvalue weighted by atomic mass is 10.1. The van der Waals surface area contributed by atoms with Crippen LogP contribution in [-0.2, 0) is 20.7 Å². The zero-order valence-electron chi connectivity index (χ0n) is 15.0. The van der Waals surface area contributed by atoms with Gasteiger partial charge in [-0.25, -0.2) is 0 Å². The van der Waals surface area contributed by atoms with Gasteiger partial charge in [0.25, 0.3) is 5.91 Å². The molecule has 0 heterocycles. The van der Waals surface area contributed by atoms with Crippen LogP contribution in [0.25, 0.3) is 0 Å². The van der Waals surface area contributed by atoms with Gasteiger partial charge in [0, 0.05) is 11.4 Å². The average Bonchev–Trinajstić information content (AvgIpc) is 2.68. The van der Waals surface area contributed by atoms with E-state index >= 15 is 0 Å². The quantitative estimate of drug-likeness (QED) is 0.385. The largest absolute Gasteiger partial charge is 0.466 e. The maximum atomic E-state index is 12.0. The van der Waals surface area contributed by atoms with Crippen LogP contribution in [-0.4, -0.2) is 24.4 Å². The molecule has 8 heteroatoms. The minimum atomic E-state index is -0.585. The van der Waals surface area contributed by atoms with Gasteiger partial charge in [-0.3, -0.25) is 25.2 Å². The molecule has 2 aromatic carbocycles. The first kappa shape index (κ1) is 21.7. The molecule has 0 unspecified atom stereocenters. The Morgan fingerprint density at radius 2 is 1.68 bits per heavy atom. The van der Waals surface area contributed by atoms with Crippen molar-refractivity contribution >= 4 is 41.0 Å². The van der Waals surface area contributed by atoms with Gasteiger partial charge in [0.15, 0.2) is 0 Å². The summed E-state index contributed by atoms with van der Waals surface area (Å²) < 4.78 is 5.10. The molecule has 2 amide bonds. The molecule has 0 saturated heterocycles. The number of esters is 1. The number of hydrogen-bond donors (Lipinski definition) is 2. The molecule has 0 fully saturated rings. The third-order valence-corrected chi connectivity index (χ3v) is 4.31. The molecule has 0 radical (unpaired) electrons. The van der Waals surface area contributed by atoms with Crippen molar-refractivity contribution in [1.82, 2.24) is 10.9 Å². The van der Waals surface area contributed by atoms with Crippen molar-refractivity contribution in [3.05, 3.63) is 69.7 Å². The molecule has 0 atom stereocenters. The summed E-state index contributed by atoms with van der Waals surface area (Å²) in [7, 11) is 0. The number of hydrogen-bond acceptors (Lipinski definition) is 4. The highest BCUT2D eigenvalue weighted by molar-refractivity contribution is 6.36. The summed E-state index contributed by atoms with van der Waals surface area (Å²) in [5, 5.41) is 0.561. The van der Waals surface area contributed by atoms with E-state index in [1.54, 1.807) is 0 Å². The summed E-state index contributed by atoms with van der Waals surface area (Å²) >= 11 is 11.7. The van der Waals surface area contributed by atoms with Gasteiger partial charge in [-0.2, -0.15) is 0 Å². The maximum Gasteiger partial charge on any atom is 0.306 e. The zero-order valence-corrected chi connectivity index (χ0v) is 16.6. The lowest BCUT2D eigenvalue weighted by molar-refractivity contribution is -0.145. The van der Waals surface area contributed by atoms with E-state index in [0.717, 1.165) is 6.42 Å². The zero-order chi connectivity index (χ0) is 20.4. The van der Waals surface area contributed by atoms with E-state index in [-0.39, 0.29) is 23.4 Å². The van der Waals surface area contributed by atoms with E-state index in [1.807, 2.05) is 30.3 Å². The highest BCUT2D eigenvalue weighted by atomic mass is 35.5. The molecule has 148 valence electrons. The third-order valence-electron chi connectivity index (χ3n) is 3.76. The van der Waals surface area contributed by atoms with Crippen molar-refractivity contribution < 1.29 is 19.1 Å². The molecule has 28 heavy (non-hydrogen) atoms. The molecule has 0 bridgehead atoms. The second kappa shape index (κ2) is 11.3. The van der Waals surface area contributed by atoms with Gasteiger partial charge in [0.05, 0.1) is 23.6 Å². The number of hydrazine groups is 1. The van der Waals surface area contributed by atoms with Gasteiger partial charge in [0.1, 0.15) is 0 Å². The van der Waals surface area contributed by atoms with Crippen LogP contribution in [0, 0.1) is 0 Å². The normalized spacial score (nSPS) is 10.2. The summed E-state index contributed by atoms with van der Waals surface area (Å²) in [6.45, 7) is 0.293. The number of carbonyl (C=O) groups excluding carboxylic acids is 3. The fourth-order valence-electron chi connectivity index (χ4n) is 2.32. The van der Waals surface area contributed by atoms with E-state index in [4.69, 9.17) is 27.9 Å². The van der Waals surface area contributed by atoms with Gasteiger partial charge >= 0.3 is 5.97 Å². The van der Waals surface area contributed by atoms with E-state index in [1.165, 1.54) is 23.8 Å². The minimum absolute atomic E-state index is 0.0747. The Balaban J connectivity index is 1.61. The Morgan fingerprint density at radius 3 is 2.39 bits per heavy atom. The number of nitrogens with one attached hydrogen (secondary N) is 2. The van der Waals surface area contributed by atoms with Crippen molar-refractivity contribution in [3.8, 4) is 0 Å². The monoisotopic (exact) mass is 422 g/mol. The van der Waals surface area contributed by atoms with Crippen LogP contribution in [0.4, 0.5) is 0 Å². The highest BCUT2D eigenvalue weighted by Crippen LogP contribution is 2.20. The molecular formula is C20H20Cl2N2O4. The van der Waals surface area contributed by atoms with E-state index in [0.29, 0.717) is 18.1 Å². The Hall–Kier alpha value is -2.57. The number of aryl methyl sites for hydroxylation is 1. The SMILES string of the molecule is O=C(CCC(=O)OCCCc1ccccc1)NNC(=O)c1ccc(Cl)cc1Cl. The molecule has 0 aliphatic carbocycles. The van der Waals surface area contributed by atoms with Crippen LogP contribution in [0.5, 0.6) is 0 Å². The van der Waals surface area contributed by atoms with Crippen LogP contribution < -0.4 is 10.9 Å². The van der Waals surface area contributed by atoms with Crippen LogP contribution in [0.2, 0.25) is 10.0 Å². The Kier molecular flexibility index (Phi) is 8.78. The molecule has 2 rings (SSSR count). The fraction of sp³-hybridized carbons (Fsp3) is 0.250. The topological polar surface area (TPSA) is 84.5 Å². The van der Waals surface area contributed by atoms with E-state index < -0.39 is 17.8 Å². The summed E-state index contributed by atoms with van der Waals surface area (Å²) in [6, 6.07) is 14.3. The molecule has 0 saturated carbocycles. The molecule has 6 nitrogen and oxygen atoms in total. The van der Waals surface area contributed by atoms with Gasteiger partial charge in [-0.15, -0.1) is 0 Å². The Labute approximate surface area is 173 Å². The van der Waals surface area contributed by atoms with Crippen molar-refractivity contribution in [2.24, 2.45) is 0 Å². The summed E-state index contributed by atoms with van der Waals surface area (Å²) in [5.74, 6) is -1.56. The first-order valence-corrected chi connectivity index (χ1v) is 9.45. The Morgan fingerprint density at radius 1 is 0.929 bits per heavy atom. The standard InChI is InChI=1S/C20H20Cl2N2O4/c21-15-8-9-16(17(22)13-15)20(27)24-23-18(25)10-11-19(26)28-12-4-7-14-5-2-1-3-6-14/h1-3,5-6,8-9,13H,4,7,10-12H2,(H,23,25)(H,24,27). The van der Waals surface area contributed by atoms with Crippen molar-refractivity contribution in [3.63, 3.8) is 0 Å². The number of benzene rings is 2. The third kappa shape index (κ3) is 7.58. The second-order valence-corrected chi connectivity index (χ2v) is 6.78. The van der Waals surface area contributed by atoms with Gasteiger partial charge in [-0.05, 0) is 36.6 Å². The van der Waals surface area contributed by atoms with Crippen LogP contribution >= 0.6 is 23.2 Å². The fourth-order valence-corrected chi connectivity index (χ4v) is 2.82. The molecular weight excluding hydrogens is 403 g/mol. The molecule has 0 aliphatic heterocycles. The van der Waals surface area contributed by atoms with Crippen LogP contribution in [0.3, 0.4) is 0 Å². The minimum Gasteiger partial charge on any atom is -0.466 e. The number of halogens is 2. The lowest BCUT2D eigenvalue weighted by Gasteiger charge is -2.09. The predicted octanol–water partition coefficient (Wildman–Crippen LogP) is 3.71. The number of amides is 2. The number of carbonyl (C=O) groups is 3. The summed E-state index contributed by atoms with van der Waals surface area (Å²) in [6.07, 6.45) is 1.34. The Bertz CT molecular complexity index is 828. The molecule has 2 aromatic rings. The van der Waals surface area contributed by atoms with Crippen molar-refractivity contribution in [1.29, 1.82) is 0 Å². The van der Waals surface area contributed by atoms with Gasteiger partial charge in [0.2, 0.25) is 5.91 Å². The van der Waals surface area contributed by atoms with Gasteiger partial charge in [-0.1, -0.05) is 53.5 Å². The summed E-state index contributed by atoms with van der Waals surface area (Å²) in [4.78, 5) is 35.4. The number of ether oxygens (including phenoxy) is 1. The average molecular weight is 423 g/mol. The van der Waals surface area contributed by atoms with E-state index in [9.17, 15) is 14.4 Å². The first-order valence-electron chi connectivity index (χ1n) is 8.69. The lowest BCUT2D eigenvalue weighted by Crippen LogP contribution is -2.41. The van der Waals surface area contributed by atoms with Crippen LogP contribution in [0.1, 0.15) is 35.2 Å². The van der Waals surface area contributed by atoms with Gasteiger partial charge < -0.3 is 4.74 Å². The van der Waals surface area contributed by atoms with Crippen molar-refractivity contribution in [2.45, 2.75) is 25.7 Å². The molecule has 0 aromatic heterocycles. The molecule has 0 aliphatic rings. The maximum absolute atomic E-state index is 12.0. The van der Waals surface area contributed by atoms with Crippen molar-refractivity contribution in [2.75, 3.05) is 6.61 Å². The van der Waals surface area contributed by atoms with Crippen LogP contribution in [0.15, 0.2) is 48.5 Å². The molecule has 2 N–H and O–H groups in total. The van der Waals surface area contributed by atoms with E-state index in [2.05, 4.69) is 10.9 Å². The molecule has 0 spiro atoms.